The molecule has 4 N–H and O–H groups in total. The number of rotatable bonds is 7. The largest absolute Gasteiger partial charge is 0.384 e. The summed E-state index contributed by atoms with van der Waals surface area (Å²) in [6, 6.07) is 26.1. The number of hydrogen-bond donors (Lipinski definition) is 3. The third-order valence-electron chi connectivity index (χ3n) is 4.99. The molecule has 4 aromatic rings. The van der Waals surface area contributed by atoms with Gasteiger partial charge in [0, 0.05) is 22.5 Å². The van der Waals surface area contributed by atoms with Crippen LogP contribution in [0.1, 0.15) is 23.9 Å². The lowest BCUT2D eigenvalue weighted by molar-refractivity contribution is 0.874. The first-order valence-corrected chi connectivity index (χ1v) is 9.91. The van der Waals surface area contributed by atoms with Gasteiger partial charge in [-0.25, -0.2) is 4.98 Å². The van der Waals surface area contributed by atoms with Gasteiger partial charge in [-0.3, -0.25) is 10.5 Å². The number of nitrogens with two attached hydrogens (primary N) is 1. The van der Waals surface area contributed by atoms with Crippen LogP contribution in [-0.4, -0.2) is 21.0 Å². The van der Waals surface area contributed by atoms with E-state index >= 15 is 0 Å². The Morgan fingerprint density at radius 3 is 2.43 bits per heavy atom. The molecule has 4 rings (SSSR count). The summed E-state index contributed by atoms with van der Waals surface area (Å²) < 4.78 is 0. The molecule has 0 aliphatic heterocycles. The van der Waals surface area contributed by atoms with E-state index in [1.165, 1.54) is 5.56 Å². The summed E-state index contributed by atoms with van der Waals surface area (Å²) in [7, 11) is 0. The van der Waals surface area contributed by atoms with E-state index in [9.17, 15) is 0 Å². The summed E-state index contributed by atoms with van der Waals surface area (Å²) in [5.74, 6) is 1.51. The normalized spacial score (nSPS) is 10.7. The fourth-order valence-electron chi connectivity index (χ4n) is 3.33. The molecule has 150 valence electrons. The minimum absolute atomic E-state index is 0.0591. The van der Waals surface area contributed by atoms with Crippen molar-refractivity contribution < 1.29 is 0 Å². The van der Waals surface area contributed by atoms with Crippen LogP contribution in [0, 0.1) is 5.41 Å². The molecule has 1 heterocycles. The van der Waals surface area contributed by atoms with Crippen molar-refractivity contribution in [1.82, 2.24) is 15.2 Å². The number of nitrogen functional groups attached to an aromatic ring is 1. The molecule has 0 saturated carbocycles. The monoisotopic (exact) mass is 396 g/mol. The van der Waals surface area contributed by atoms with Crippen molar-refractivity contribution in [3.05, 3.63) is 95.8 Å². The lowest BCUT2D eigenvalue weighted by Gasteiger charge is -2.24. The van der Waals surface area contributed by atoms with E-state index in [0.29, 0.717) is 17.9 Å². The van der Waals surface area contributed by atoms with Crippen molar-refractivity contribution in [3.63, 3.8) is 0 Å². The Balaban J connectivity index is 1.68. The topological polar surface area (TPSA) is 94.7 Å². The highest BCUT2D eigenvalue weighted by atomic mass is 15.3. The first-order chi connectivity index (χ1) is 14.6. The van der Waals surface area contributed by atoms with Gasteiger partial charge in [0.25, 0.3) is 0 Å². The number of nitrogens with zero attached hydrogens (tertiary/aromatic N) is 3. The highest BCUT2D eigenvalue weighted by Crippen LogP contribution is 2.28. The molecule has 1 aromatic heterocycles. The highest BCUT2D eigenvalue weighted by Gasteiger charge is 2.14. The van der Waals surface area contributed by atoms with Crippen LogP contribution >= 0.6 is 0 Å². The van der Waals surface area contributed by atoms with Gasteiger partial charge in [0.15, 0.2) is 5.82 Å². The van der Waals surface area contributed by atoms with Gasteiger partial charge in [-0.15, -0.1) is 0 Å². The molecule has 0 fully saturated rings. The quantitative estimate of drug-likeness (QED) is 0.313. The maximum absolute atomic E-state index is 7.64. The Morgan fingerprint density at radius 2 is 1.73 bits per heavy atom. The smallest absolute Gasteiger partial charge is 0.181 e. The lowest BCUT2D eigenvalue weighted by atomic mass is 10.1. The van der Waals surface area contributed by atoms with Gasteiger partial charge in [-0.1, -0.05) is 49.4 Å². The maximum atomic E-state index is 7.64. The lowest BCUT2D eigenvalue weighted by Crippen LogP contribution is -2.18. The fraction of sp³-hybridized carbons (Fsp3) is 0.125. The highest BCUT2D eigenvalue weighted by molar-refractivity contribution is 5.95. The van der Waals surface area contributed by atoms with Crippen LogP contribution < -0.4 is 10.6 Å². The SMILES string of the molecule is CCc1cccc(N(Cc2nc(-c3ccccc3)n[nH]2)c2ccc(C(=N)N)cc2)c1. The van der Waals surface area contributed by atoms with E-state index in [2.05, 4.69) is 46.3 Å². The molecule has 6 nitrogen and oxygen atoms in total. The van der Waals surface area contributed by atoms with Gasteiger partial charge < -0.3 is 10.6 Å². The zero-order chi connectivity index (χ0) is 20.9. The number of anilines is 2. The summed E-state index contributed by atoms with van der Waals surface area (Å²) >= 11 is 0. The second-order valence-corrected chi connectivity index (χ2v) is 7.04. The molecule has 0 atom stereocenters. The summed E-state index contributed by atoms with van der Waals surface area (Å²) in [5.41, 5.74) is 10.6. The molecule has 0 amide bonds. The summed E-state index contributed by atoms with van der Waals surface area (Å²) in [6.45, 7) is 2.68. The van der Waals surface area contributed by atoms with Crippen LogP contribution in [0.4, 0.5) is 11.4 Å². The average Bonchev–Trinajstić information content (AvgIpc) is 3.27. The number of aromatic nitrogens is 3. The van der Waals surface area contributed by atoms with E-state index < -0.39 is 0 Å². The van der Waals surface area contributed by atoms with Crippen molar-refractivity contribution in [2.75, 3.05) is 4.90 Å². The van der Waals surface area contributed by atoms with Crippen LogP contribution in [0.25, 0.3) is 11.4 Å². The second-order valence-electron chi connectivity index (χ2n) is 7.04. The number of benzene rings is 3. The van der Waals surface area contributed by atoms with E-state index in [4.69, 9.17) is 16.1 Å². The van der Waals surface area contributed by atoms with Crippen LogP contribution in [0.15, 0.2) is 78.9 Å². The van der Waals surface area contributed by atoms with Gasteiger partial charge in [0.1, 0.15) is 11.7 Å². The Kier molecular flexibility index (Phi) is 5.57. The standard InChI is InChI=1S/C24H24N6/c1-2-17-7-6-10-21(15-17)30(20-13-11-18(12-14-20)23(25)26)16-22-27-24(29-28-22)19-8-4-3-5-9-19/h3-15H,2,16H2,1H3,(H3,25,26)(H,27,28,29). The second kappa shape index (κ2) is 8.61. The third kappa shape index (κ3) is 4.22. The number of hydrogen-bond acceptors (Lipinski definition) is 4. The first kappa shape index (κ1) is 19.4. The molecule has 0 radical (unpaired) electrons. The van der Waals surface area contributed by atoms with Crippen molar-refractivity contribution in [3.8, 4) is 11.4 Å². The van der Waals surface area contributed by atoms with Crippen LogP contribution in [0.5, 0.6) is 0 Å². The number of aromatic amines is 1. The van der Waals surface area contributed by atoms with E-state index in [1.807, 2.05) is 54.6 Å². The molecule has 0 bridgehead atoms. The molecule has 6 heteroatoms. The predicted octanol–water partition coefficient (Wildman–Crippen LogP) is 4.66. The fourth-order valence-corrected chi connectivity index (χ4v) is 3.33. The van der Waals surface area contributed by atoms with E-state index in [-0.39, 0.29) is 5.84 Å². The minimum Gasteiger partial charge on any atom is -0.384 e. The molecule has 3 aromatic carbocycles. The number of amidine groups is 1. The van der Waals surface area contributed by atoms with Gasteiger partial charge in [0.05, 0.1) is 6.54 Å². The van der Waals surface area contributed by atoms with Crippen molar-refractivity contribution >= 4 is 17.2 Å². The number of H-pyrrole nitrogens is 1. The van der Waals surface area contributed by atoms with Crippen LogP contribution in [-0.2, 0) is 13.0 Å². The van der Waals surface area contributed by atoms with Gasteiger partial charge in [-0.05, 0) is 48.4 Å². The number of aryl methyl sites for hydroxylation is 1. The minimum atomic E-state index is 0.0591. The Morgan fingerprint density at radius 1 is 0.967 bits per heavy atom. The Labute approximate surface area is 175 Å². The molecular formula is C24H24N6. The summed E-state index contributed by atoms with van der Waals surface area (Å²) in [6.07, 6.45) is 0.964. The van der Waals surface area contributed by atoms with Gasteiger partial charge in [-0.2, -0.15) is 5.10 Å². The van der Waals surface area contributed by atoms with Crippen molar-refractivity contribution in [2.24, 2.45) is 5.73 Å². The Hall–Kier alpha value is -3.93. The molecule has 0 saturated heterocycles. The van der Waals surface area contributed by atoms with Crippen molar-refractivity contribution in [1.29, 1.82) is 5.41 Å². The predicted molar refractivity (Wildman–Crippen MR) is 121 cm³/mol. The van der Waals surface area contributed by atoms with Crippen LogP contribution in [0.3, 0.4) is 0 Å². The molecule has 0 unspecified atom stereocenters. The average molecular weight is 396 g/mol. The first-order valence-electron chi connectivity index (χ1n) is 9.91. The molecular weight excluding hydrogens is 372 g/mol. The van der Waals surface area contributed by atoms with Crippen molar-refractivity contribution in [2.45, 2.75) is 19.9 Å². The zero-order valence-electron chi connectivity index (χ0n) is 16.8. The maximum Gasteiger partial charge on any atom is 0.181 e. The Bertz CT molecular complexity index is 1130. The zero-order valence-corrected chi connectivity index (χ0v) is 16.8. The van der Waals surface area contributed by atoms with Crippen LogP contribution in [0.2, 0.25) is 0 Å². The summed E-state index contributed by atoms with van der Waals surface area (Å²) in [4.78, 5) is 6.88. The van der Waals surface area contributed by atoms with Gasteiger partial charge >= 0.3 is 0 Å². The molecule has 0 spiro atoms. The number of nitrogens with one attached hydrogen (secondary N) is 2. The summed E-state index contributed by atoms with van der Waals surface area (Å²) in [5, 5.41) is 15.1. The third-order valence-corrected chi connectivity index (χ3v) is 4.99. The molecule has 30 heavy (non-hydrogen) atoms. The van der Waals surface area contributed by atoms with E-state index in [0.717, 1.165) is 29.2 Å². The molecule has 0 aliphatic carbocycles. The molecule has 0 aliphatic rings. The van der Waals surface area contributed by atoms with Gasteiger partial charge in [0.2, 0.25) is 0 Å². The van der Waals surface area contributed by atoms with E-state index in [1.54, 1.807) is 0 Å².